The summed E-state index contributed by atoms with van der Waals surface area (Å²) in [4.78, 5) is 24.2. The molecule has 0 saturated carbocycles. The Bertz CT molecular complexity index is 613. The van der Waals surface area contributed by atoms with E-state index in [1.807, 2.05) is 18.2 Å². The summed E-state index contributed by atoms with van der Waals surface area (Å²) in [7, 11) is 0. The van der Waals surface area contributed by atoms with E-state index < -0.39 is 0 Å². The van der Waals surface area contributed by atoms with Gasteiger partial charge in [-0.25, -0.2) is 0 Å². The van der Waals surface area contributed by atoms with Crippen LogP contribution in [0.5, 0.6) is 0 Å². The molecular weight excluding hydrogens is 312 g/mol. The second-order valence-corrected chi connectivity index (χ2v) is 6.59. The van der Waals surface area contributed by atoms with E-state index in [2.05, 4.69) is 30.6 Å². The molecule has 0 atom stereocenters. The molecule has 2 amide bonds. The number of para-hydroxylation sites is 1. The molecule has 0 fully saturated rings. The van der Waals surface area contributed by atoms with Gasteiger partial charge in [0.1, 0.15) is 6.42 Å². The molecule has 2 rings (SSSR count). The molecule has 0 aliphatic heterocycles. The zero-order valence-corrected chi connectivity index (χ0v) is 15.5. The van der Waals surface area contributed by atoms with Crippen LogP contribution in [0.25, 0.3) is 0 Å². The zero-order valence-electron chi connectivity index (χ0n) is 15.5. The molecule has 136 valence electrons. The normalized spacial score (nSPS) is 13.9. The van der Waals surface area contributed by atoms with Gasteiger partial charge in [0.25, 0.3) is 0 Å². The fraction of sp³-hybridized carbons (Fsp3) is 0.524. The fourth-order valence-corrected chi connectivity index (χ4v) is 3.29. The van der Waals surface area contributed by atoms with Crippen molar-refractivity contribution in [2.75, 3.05) is 11.9 Å². The first-order chi connectivity index (χ1) is 12.1. The number of carbonyl (C=O) groups excluding carboxylic acids is 2. The maximum absolute atomic E-state index is 12.2. The van der Waals surface area contributed by atoms with Gasteiger partial charge in [0.05, 0.1) is 0 Å². The van der Waals surface area contributed by atoms with Gasteiger partial charge in [-0.2, -0.15) is 0 Å². The topological polar surface area (TPSA) is 58.2 Å². The molecule has 0 unspecified atom stereocenters. The fourth-order valence-electron chi connectivity index (χ4n) is 3.29. The Morgan fingerprint density at radius 1 is 1.04 bits per heavy atom. The van der Waals surface area contributed by atoms with E-state index in [0.29, 0.717) is 6.54 Å². The molecule has 1 aromatic carbocycles. The number of amides is 2. The van der Waals surface area contributed by atoms with Gasteiger partial charge in [-0.15, -0.1) is 0 Å². The quantitative estimate of drug-likeness (QED) is 0.551. The highest BCUT2D eigenvalue weighted by Gasteiger charge is 2.13. The molecule has 2 N–H and O–H groups in total. The van der Waals surface area contributed by atoms with Crippen LogP contribution in [0.2, 0.25) is 0 Å². The van der Waals surface area contributed by atoms with Crippen LogP contribution in [0.3, 0.4) is 0 Å². The van der Waals surface area contributed by atoms with E-state index in [9.17, 15) is 9.59 Å². The lowest BCUT2D eigenvalue weighted by Crippen LogP contribution is -2.29. The Labute approximate surface area is 151 Å². The van der Waals surface area contributed by atoms with Crippen molar-refractivity contribution in [3.8, 4) is 0 Å². The van der Waals surface area contributed by atoms with Crippen molar-refractivity contribution in [1.29, 1.82) is 0 Å². The largest absolute Gasteiger partial charge is 0.355 e. The van der Waals surface area contributed by atoms with Crippen molar-refractivity contribution in [2.24, 2.45) is 0 Å². The smallest absolute Gasteiger partial charge is 0.233 e. The van der Waals surface area contributed by atoms with E-state index in [4.69, 9.17) is 0 Å². The monoisotopic (exact) mass is 342 g/mol. The number of carbonyl (C=O) groups is 2. The molecule has 1 aliphatic rings. The molecule has 0 bridgehead atoms. The van der Waals surface area contributed by atoms with E-state index in [0.717, 1.165) is 48.9 Å². The molecule has 0 spiro atoms. The first kappa shape index (κ1) is 19.2. The van der Waals surface area contributed by atoms with Crippen molar-refractivity contribution >= 4 is 17.5 Å². The van der Waals surface area contributed by atoms with Crippen molar-refractivity contribution < 1.29 is 9.59 Å². The summed E-state index contributed by atoms with van der Waals surface area (Å²) in [5.41, 5.74) is 4.52. The molecule has 4 heteroatoms. The summed E-state index contributed by atoms with van der Waals surface area (Å²) in [6, 6.07) is 6.06. The molecule has 0 saturated heterocycles. The highest BCUT2D eigenvalue weighted by Crippen LogP contribution is 2.23. The second-order valence-electron chi connectivity index (χ2n) is 6.59. The predicted molar refractivity (Wildman–Crippen MR) is 103 cm³/mol. The highest BCUT2D eigenvalue weighted by molar-refractivity contribution is 6.04. The zero-order chi connectivity index (χ0) is 18.1. The minimum absolute atomic E-state index is 0.125. The minimum atomic E-state index is -0.245. The van der Waals surface area contributed by atoms with Crippen molar-refractivity contribution in [3.63, 3.8) is 0 Å². The lowest BCUT2D eigenvalue weighted by molar-refractivity contribution is -0.126. The van der Waals surface area contributed by atoms with Crippen molar-refractivity contribution in [2.45, 2.75) is 65.2 Å². The summed E-state index contributed by atoms with van der Waals surface area (Å²) in [6.07, 6.45) is 9.58. The molecule has 1 aliphatic carbocycles. The Morgan fingerprint density at radius 2 is 1.76 bits per heavy atom. The first-order valence-electron chi connectivity index (χ1n) is 9.49. The van der Waals surface area contributed by atoms with E-state index in [1.54, 1.807) is 0 Å². The van der Waals surface area contributed by atoms with Gasteiger partial charge in [-0.1, -0.05) is 43.7 Å². The molecule has 0 heterocycles. The average molecular weight is 342 g/mol. The van der Waals surface area contributed by atoms with Crippen LogP contribution in [-0.2, 0) is 22.4 Å². The van der Waals surface area contributed by atoms with Gasteiger partial charge in [0.2, 0.25) is 11.8 Å². The number of benzene rings is 1. The lowest BCUT2D eigenvalue weighted by Gasteiger charge is -2.15. The van der Waals surface area contributed by atoms with Gasteiger partial charge in [0.15, 0.2) is 0 Å². The highest BCUT2D eigenvalue weighted by atomic mass is 16.2. The van der Waals surface area contributed by atoms with Crippen LogP contribution >= 0.6 is 0 Å². The summed E-state index contributed by atoms with van der Waals surface area (Å²) in [6.45, 7) is 4.75. The van der Waals surface area contributed by atoms with Crippen LogP contribution < -0.4 is 10.6 Å². The number of hydrogen-bond donors (Lipinski definition) is 2. The summed E-state index contributed by atoms with van der Waals surface area (Å²) >= 11 is 0. The summed E-state index contributed by atoms with van der Waals surface area (Å²) < 4.78 is 0. The lowest BCUT2D eigenvalue weighted by atomic mass is 9.97. The van der Waals surface area contributed by atoms with Crippen LogP contribution in [-0.4, -0.2) is 18.4 Å². The molecular formula is C21H30N2O2. The standard InChI is InChI=1S/C21H30N2O2/c1-3-17-11-8-12-18(4-2)21(17)23-20(25)15-19(24)22-14-13-16-9-6-5-7-10-16/h8-9,11-12H,3-7,10,13-15H2,1-2H3,(H,22,24)(H,23,25). The number of anilines is 1. The van der Waals surface area contributed by atoms with E-state index in [1.165, 1.54) is 18.4 Å². The minimum Gasteiger partial charge on any atom is -0.355 e. The Balaban J connectivity index is 1.81. The number of hydrogen-bond acceptors (Lipinski definition) is 2. The van der Waals surface area contributed by atoms with E-state index in [-0.39, 0.29) is 18.2 Å². The number of aryl methyl sites for hydroxylation is 2. The summed E-state index contributed by atoms with van der Waals surface area (Å²) in [5, 5.41) is 5.80. The van der Waals surface area contributed by atoms with Crippen molar-refractivity contribution in [3.05, 3.63) is 41.0 Å². The third-order valence-corrected chi connectivity index (χ3v) is 4.74. The van der Waals surface area contributed by atoms with Crippen LogP contribution in [0.1, 0.15) is 63.5 Å². The van der Waals surface area contributed by atoms with Crippen molar-refractivity contribution in [1.82, 2.24) is 5.32 Å². The van der Waals surface area contributed by atoms with Crippen LogP contribution in [0, 0.1) is 0 Å². The number of rotatable bonds is 8. The molecule has 0 aromatic heterocycles. The third-order valence-electron chi connectivity index (χ3n) is 4.74. The number of nitrogens with one attached hydrogen (secondary N) is 2. The van der Waals surface area contributed by atoms with Gasteiger partial charge in [0, 0.05) is 12.2 Å². The van der Waals surface area contributed by atoms with Crippen LogP contribution in [0.15, 0.2) is 29.8 Å². The van der Waals surface area contributed by atoms with Gasteiger partial charge in [-0.3, -0.25) is 9.59 Å². The average Bonchev–Trinajstić information content (AvgIpc) is 2.62. The Kier molecular flexibility index (Phi) is 7.71. The second kappa shape index (κ2) is 10.0. The SMILES string of the molecule is CCc1cccc(CC)c1NC(=O)CC(=O)NCCC1=CCCCC1. The Morgan fingerprint density at radius 3 is 2.36 bits per heavy atom. The number of allylic oxidation sites excluding steroid dienone is 1. The molecule has 1 aromatic rings. The molecule has 0 radical (unpaired) electrons. The third kappa shape index (κ3) is 6.04. The van der Waals surface area contributed by atoms with E-state index >= 15 is 0 Å². The molecule has 25 heavy (non-hydrogen) atoms. The van der Waals surface area contributed by atoms with Gasteiger partial charge in [-0.05, 0) is 56.1 Å². The maximum atomic E-state index is 12.2. The summed E-state index contributed by atoms with van der Waals surface area (Å²) in [5.74, 6) is -0.453. The predicted octanol–water partition coefficient (Wildman–Crippen LogP) is 4.15. The van der Waals surface area contributed by atoms with Gasteiger partial charge < -0.3 is 10.6 Å². The molecule has 4 nitrogen and oxygen atoms in total. The van der Waals surface area contributed by atoms with Gasteiger partial charge >= 0.3 is 0 Å². The Hall–Kier alpha value is -2.10. The first-order valence-corrected chi connectivity index (χ1v) is 9.49. The maximum Gasteiger partial charge on any atom is 0.233 e. The van der Waals surface area contributed by atoms with Crippen LogP contribution in [0.4, 0.5) is 5.69 Å².